The first-order valence-corrected chi connectivity index (χ1v) is 7.10. The number of hydrogen-bond donors (Lipinski definition) is 0. The lowest BCUT2D eigenvalue weighted by Gasteiger charge is -2.32. The van der Waals surface area contributed by atoms with Gasteiger partial charge in [-0.05, 0) is 50.4 Å². The summed E-state index contributed by atoms with van der Waals surface area (Å²) in [6, 6.07) is 6.34. The van der Waals surface area contributed by atoms with Gasteiger partial charge in [-0.15, -0.1) is 0 Å². The maximum Gasteiger partial charge on any atom is 0.137 e. The van der Waals surface area contributed by atoms with Crippen LogP contribution < -0.4 is 4.74 Å². The van der Waals surface area contributed by atoms with Crippen LogP contribution in [0.5, 0.6) is 5.75 Å². The molecular formula is C16H23NO2. The lowest BCUT2D eigenvalue weighted by molar-refractivity contribution is -0.113. The maximum atomic E-state index is 11.0. The van der Waals surface area contributed by atoms with Gasteiger partial charge in [-0.25, -0.2) is 0 Å². The Bertz CT molecular complexity index is 431. The molecule has 0 bridgehead atoms. The van der Waals surface area contributed by atoms with Gasteiger partial charge in [-0.1, -0.05) is 18.6 Å². The van der Waals surface area contributed by atoms with Crippen molar-refractivity contribution < 1.29 is 9.53 Å². The Morgan fingerprint density at radius 1 is 1.37 bits per heavy atom. The molecule has 1 saturated heterocycles. The third kappa shape index (κ3) is 3.80. The summed E-state index contributed by atoms with van der Waals surface area (Å²) in [5, 5.41) is 0. The molecule has 1 fully saturated rings. The smallest absolute Gasteiger partial charge is 0.137 e. The second kappa shape index (κ2) is 6.71. The minimum atomic E-state index is 0.0935. The van der Waals surface area contributed by atoms with Crippen LogP contribution in [0.3, 0.4) is 0 Å². The zero-order valence-corrected chi connectivity index (χ0v) is 11.9. The minimum absolute atomic E-state index is 0.0935. The average molecular weight is 261 g/mol. The number of aryl methyl sites for hydroxylation is 2. The molecule has 3 heteroatoms. The third-order valence-corrected chi connectivity index (χ3v) is 3.80. The monoisotopic (exact) mass is 261 g/mol. The number of ether oxygens (including phenoxy) is 1. The molecule has 0 radical (unpaired) electrons. The molecule has 1 aliphatic rings. The molecule has 0 spiro atoms. The van der Waals surface area contributed by atoms with E-state index in [0.717, 1.165) is 43.5 Å². The number of rotatable bonds is 5. The predicted molar refractivity (Wildman–Crippen MR) is 76.7 cm³/mol. The molecule has 1 aliphatic heterocycles. The summed E-state index contributed by atoms with van der Waals surface area (Å²) >= 11 is 0. The highest BCUT2D eigenvalue weighted by Crippen LogP contribution is 2.20. The van der Waals surface area contributed by atoms with Crippen LogP contribution in [-0.2, 0) is 4.79 Å². The van der Waals surface area contributed by atoms with E-state index in [0.29, 0.717) is 6.61 Å². The summed E-state index contributed by atoms with van der Waals surface area (Å²) in [6.45, 7) is 6.62. The Morgan fingerprint density at radius 2 is 2.21 bits per heavy atom. The van der Waals surface area contributed by atoms with Crippen molar-refractivity contribution >= 4 is 6.29 Å². The molecule has 0 N–H and O–H groups in total. The number of benzene rings is 1. The van der Waals surface area contributed by atoms with Crippen LogP contribution in [0.15, 0.2) is 18.2 Å². The largest absolute Gasteiger partial charge is 0.492 e. The molecule has 1 atom stereocenters. The van der Waals surface area contributed by atoms with Gasteiger partial charge in [0.25, 0.3) is 0 Å². The molecule has 19 heavy (non-hydrogen) atoms. The second-order valence-electron chi connectivity index (χ2n) is 5.35. The van der Waals surface area contributed by atoms with E-state index in [1.165, 1.54) is 12.0 Å². The van der Waals surface area contributed by atoms with E-state index in [1.807, 2.05) is 0 Å². The Hall–Kier alpha value is -1.35. The molecule has 0 aromatic heterocycles. The molecule has 0 aliphatic carbocycles. The van der Waals surface area contributed by atoms with Crippen LogP contribution in [0.2, 0.25) is 0 Å². The fraction of sp³-hybridized carbons (Fsp3) is 0.562. The lowest BCUT2D eigenvalue weighted by atomic mass is 10.0. The summed E-state index contributed by atoms with van der Waals surface area (Å²) in [6.07, 6.45) is 4.43. The standard InChI is InChI=1S/C16H23NO2/c1-13-6-7-14(2)16(11-13)19-10-9-17-8-4-3-5-15(17)12-18/h6-7,11-12,15H,3-5,8-10H2,1-2H3. The Morgan fingerprint density at radius 3 is 3.00 bits per heavy atom. The van der Waals surface area contributed by atoms with Crippen molar-refractivity contribution in [3.05, 3.63) is 29.3 Å². The molecule has 0 amide bonds. The van der Waals surface area contributed by atoms with Gasteiger partial charge in [-0.3, -0.25) is 4.90 Å². The van der Waals surface area contributed by atoms with E-state index < -0.39 is 0 Å². The van der Waals surface area contributed by atoms with Crippen molar-refractivity contribution in [2.24, 2.45) is 0 Å². The van der Waals surface area contributed by atoms with Gasteiger partial charge < -0.3 is 9.53 Å². The van der Waals surface area contributed by atoms with Gasteiger partial charge in [-0.2, -0.15) is 0 Å². The van der Waals surface area contributed by atoms with Gasteiger partial charge in [0.2, 0.25) is 0 Å². The molecule has 3 nitrogen and oxygen atoms in total. The summed E-state index contributed by atoms with van der Waals surface area (Å²) in [7, 11) is 0. The number of piperidine rings is 1. The van der Waals surface area contributed by atoms with Crippen LogP contribution in [-0.4, -0.2) is 36.9 Å². The fourth-order valence-electron chi connectivity index (χ4n) is 2.58. The van der Waals surface area contributed by atoms with E-state index in [-0.39, 0.29) is 6.04 Å². The number of aldehydes is 1. The second-order valence-corrected chi connectivity index (χ2v) is 5.35. The van der Waals surface area contributed by atoms with E-state index in [4.69, 9.17) is 4.74 Å². The molecule has 1 aromatic rings. The van der Waals surface area contributed by atoms with Crippen molar-refractivity contribution in [2.45, 2.75) is 39.2 Å². The maximum absolute atomic E-state index is 11.0. The highest BCUT2D eigenvalue weighted by Gasteiger charge is 2.21. The molecular weight excluding hydrogens is 238 g/mol. The van der Waals surface area contributed by atoms with Crippen molar-refractivity contribution in [3.8, 4) is 5.75 Å². The Kier molecular flexibility index (Phi) is 4.97. The summed E-state index contributed by atoms with van der Waals surface area (Å²) in [5.41, 5.74) is 2.38. The van der Waals surface area contributed by atoms with Crippen LogP contribution in [0.25, 0.3) is 0 Å². The van der Waals surface area contributed by atoms with E-state index >= 15 is 0 Å². The lowest BCUT2D eigenvalue weighted by Crippen LogP contribution is -2.42. The van der Waals surface area contributed by atoms with Crippen LogP contribution in [0.4, 0.5) is 0 Å². The van der Waals surface area contributed by atoms with Gasteiger partial charge in [0, 0.05) is 6.54 Å². The van der Waals surface area contributed by atoms with E-state index in [9.17, 15) is 4.79 Å². The fourth-order valence-corrected chi connectivity index (χ4v) is 2.58. The normalized spacial score (nSPS) is 20.2. The van der Waals surface area contributed by atoms with E-state index in [2.05, 4.69) is 36.9 Å². The summed E-state index contributed by atoms with van der Waals surface area (Å²) < 4.78 is 5.86. The van der Waals surface area contributed by atoms with Gasteiger partial charge in [0.15, 0.2) is 0 Å². The van der Waals surface area contributed by atoms with Crippen molar-refractivity contribution in [1.82, 2.24) is 4.90 Å². The number of hydrogen-bond acceptors (Lipinski definition) is 3. The van der Waals surface area contributed by atoms with Crippen molar-refractivity contribution in [1.29, 1.82) is 0 Å². The zero-order chi connectivity index (χ0) is 13.7. The van der Waals surface area contributed by atoms with Crippen molar-refractivity contribution in [2.75, 3.05) is 19.7 Å². The highest BCUT2D eigenvalue weighted by atomic mass is 16.5. The SMILES string of the molecule is Cc1ccc(C)c(OCCN2CCCCC2C=O)c1. The number of nitrogens with zero attached hydrogens (tertiary/aromatic N) is 1. The average Bonchev–Trinajstić information content (AvgIpc) is 2.43. The Labute approximate surface area is 115 Å². The zero-order valence-electron chi connectivity index (χ0n) is 11.9. The molecule has 1 unspecified atom stereocenters. The topological polar surface area (TPSA) is 29.5 Å². The number of likely N-dealkylation sites (tertiary alicyclic amines) is 1. The van der Waals surface area contributed by atoms with Crippen molar-refractivity contribution in [3.63, 3.8) is 0 Å². The predicted octanol–water partition coefficient (Wildman–Crippen LogP) is 2.74. The summed E-state index contributed by atoms with van der Waals surface area (Å²) in [4.78, 5) is 13.3. The number of carbonyl (C=O) groups is 1. The first-order valence-electron chi connectivity index (χ1n) is 7.10. The Balaban J connectivity index is 1.85. The first-order chi connectivity index (χ1) is 9.20. The molecule has 2 rings (SSSR count). The third-order valence-electron chi connectivity index (χ3n) is 3.80. The van der Waals surface area contributed by atoms with Crippen LogP contribution in [0.1, 0.15) is 30.4 Å². The van der Waals surface area contributed by atoms with Gasteiger partial charge in [0.1, 0.15) is 18.6 Å². The molecule has 1 heterocycles. The van der Waals surface area contributed by atoms with Gasteiger partial charge in [0.05, 0.1) is 6.04 Å². The van der Waals surface area contributed by atoms with E-state index in [1.54, 1.807) is 0 Å². The quantitative estimate of drug-likeness (QED) is 0.763. The highest BCUT2D eigenvalue weighted by molar-refractivity contribution is 5.57. The summed E-state index contributed by atoms with van der Waals surface area (Å²) in [5.74, 6) is 0.958. The van der Waals surface area contributed by atoms with Gasteiger partial charge >= 0.3 is 0 Å². The minimum Gasteiger partial charge on any atom is -0.492 e. The molecule has 104 valence electrons. The molecule has 1 aromatic carbocycles. The first kappa shape index (κ1) is 14.1. The molecule has 0 saturated carbocycles. The number of carbonyl (C=O) groups excluding carboxylic acids is 1. The van der Waals surface area contributed by atoms with Crippen LogP contribution >= 0.6 is 0 Å². The van der Waals surface area contributed by atoms with Crippen LogP contribution in [0, 0.1) is 13.8 Å².